The van der Waals surface area contributed by atoms with Gasteiger partial charge in [-0.15, -0.1) is 0 Å². The molecule has 0 atom stereocenters. The van der Waals surface area contributed by atoms with Gasteiger partial charge in [-0.1, -0.05) is 18.2 Å². The number of halogens is 2. The number of benzene rings is 2. The first-order chi connectivity index (χ1) is 9.24. The van der Waals surface area contributed by atoms with E-state index in [-0.39, 0.29) is 18.2 Å². The van der Waals surface area contributed by atoms with Crippen LogP contribution in [-0.2, 0) is 6.61 Å². The van der Waals surface area contributed by atoms with Crippen LogP contribution in [0.15, 0.2) is 48.5 Å². The third-order valence-electron chi connectivity index (χ3n) is 2.89. The first kappa shape index (κ1) is 11.7. The Hall–Kier alpha value is -2.36. The van der Waals surface area contributed by atoms with Crippen LogP contribution in [0.3, 0.4) is 0 Å². The van der Waals surface area contributed by atoms with Crippen LogP contribution in [-0.4, -0.2) is 4.98 Å². The fraction of sp³-hybridized carbons (Fsp3) is 0.0667. The normalized spacial score (nSPS) is 10.8. The van der Waals surface area contributed by atoms with Crippen molar-refractivity contribution in [3.8, 4) is 5.75 Å². The molecule has 0 aliphatic rings. The molecule has 19 heavy (non-hydrogen) atoms. The fourth-order valence-corrected chi connectivity index (χ4v) is 1.97. The van der Waals surface area contributed by atoms with Gasteiger partial charge >= 0.3 is 0 Å². The molecule has 3 rings (SSSR count). The van der Waals surface area contributed by atoms with Crippen LogP contribution in [0, 0.1) is 11.6 Å². The Balaban J connectivity index is 1.83. The molecule has 1 N–H and O–H groups in total. The zero-order valence-corrected chi connectivity index (χ0v) is 9.99. The lowest BCUT2D eigenvalue weighted by Crippen LogP contribution is -1.97. The molecular formula is C15H11F2NO. The van der Waals surface area contributed by atoms with Crippen molar-refractivity contribution in [2.24, 2.45) is 0 Å². The second kappa shape index (κ2) is 4.72. The van der Waals surface area contributed by atoms with Gasteiger partial charge in [-0.05, 0) is 30.3 Å². The van der Waals surface area contributed by atoms with Crippen molar-refractivity contribution in [2.45, 2.75) is 6.61 Å². The highest BCUT2D eigenvalue weighted by Gasteiger charge is 2.07. The first-order valence-electron chi connectivity index (χ1n) is 5.87. The van der Waals surface area contributed by atoms with Crippen LogP contribution >= 0.6 is 0 Å². The number of aromatic nitrogens is 1. The van der Waals surface area contributed by atoms with E-state index in [0.717, 1.165) is 0 Å². The summed E-state index contributed by atoms with van der Waals surface area (Å²) in [6.07, 6.45) is 0. The van der Waals surface area contributed by atoms with Gasteiger partial charge in [-0.25, -0.2) is 8.78 Å². The van der Waals surface area contributed by atoms with Crippen molar-refractivity contribution in [1.29, 1.82) is 0 Å². The highest BCUT2D eigenvalue weighted by Crippen LogP contribution is 2.21. The minimum Gasteiger partial charge on any atom is -0.484 e. The van der Waals surface area contributed by atoms with Crippen LogP contribution in [0.5, 0.6) is 5.75 Å². The van der Waals surface area contributed by atoms with Gasteiger partial charge in [0, 0.05) is 10.9 Å². The number of hydrogen-bond donors (Lipinski definition) is 1. The minimum atomic E-state index is -0.412. The smallest absolute Gasteiger partial charge is 0.165 e. The molecule has 2 aromatic carbocycles. The van der Waals surface area contributed by atoms with E-state index in [1.165, 1.54) is 12.1 Å². The van der Waals surface area contributed by atoms with Crippen LogP contribution in [0.25, 0.3) is 10.9 Å². The number of rotatable bonds is 3. The van der Waals surface area contributed by atoms with Gasteiger partial charge in [0.25, 0.3) is 0 Å². The Bertz CT molecular complexity index is 721. The van der Waals surface area contributed by atoms with Gasteiger partial charge < -0.3 is 9.72 Å². The number of ether oxygens (including phenoxy) is 1. The fourth-order valence-electron chi connectivity index (χ4n) is 1.97. The topological polar surface area (TPSA) is 25.0 Å². The Morgan fingerprint density at radius 3 is 2.53 bits per heavy atom. The van der Waals surface area contributed by atoms with Crippen LogP contribution < -0.4 is 4.74 Å². The molecule has 4 heteroatoms. The minimum absolute atomic E-state index is 0.162. The molecule has 1 heterocycles. The summed E-state index contributed by atoms with van der Waals surface area (Å²) in [6.45, 7) is 0.162. The predicted octanol–water partition coefficient (Wildman–Crippen LogP) is 4.03. The molecule has 0 saturated carbocycles. The molecule has 1 aromatic heterocycles. The summed E-state index contributed by atoms with van der Waals surface area (Å²) in [5.41, 5.74) is 1.40. The lowest BCUT2D eigenvalue weighted by Gasteiger charge is -2.05. The summed E-state index contributed by atoms with van der Waals surface area (Å²) in [5.74, 6) is -0.516. The number of hydrogen-bond acceptors (Lipinski definition) is 1. The molecule has 0 radical (unpaired) electrons. The zero-order chi connectivity index (χ0) is 13.2. The van der Waals surface area contributed by atoms with Gasteiger partial charge in [-0.3, -0.25) is 0 Å². The van der Waals surface area contributed by atoms with Crippen LogP contribution in [0.4, 0.5) is 8.78 Å². The molecule has 96 valence electrons. The Morgan fingerprint density at radius 2 is 1.74 bits per heavy atom. The largest absolute Gasteiger partial charge is 0.484 e. The molecule has 3 aromatic rings. The van der Waals surface area contributed by atoms with E-state index in [4.69, 9.17) is 4.74 Å². The van der Waals surface area contributed by atoms with Gasteiger partial charge in [0.1, 0.15) is 12.4 Å². The van der Waals surface area contributed by atoms with Crippen molar-refractivity contribution in [3.05, 3.63) is 65.9 Å². The molecule has 0 spiro atoms. The standard InChI is InChI=1S/C15H11F2NO/c16-12-5-3-6-14-11(12)8-10(18-14)9-19-15-7-2-1-4-13(15)17/h1-8,18H,9H2. The van der Waals surface area contributed by atoms with Crippen molar-refractivity contribution < 1.29 is 13.5 Å². The van der Waals surface area contributed by atoms with E-state index in [0.29, 0.717) is 16.6 Å². The maximum atomic E-state index is 13.5. The predicted molar refractivity (Wildman–Crippen MR) is 69.0 cm³/mol. The van der Waals surface area contributed by atoms with E-state index < -0.39 is 5.82 Å². The van der Waals surface area contributed by atoms with Crippen molar-refractivity contribution in [1.82, 2.24) is 4.98 Å². The molecule has 2 nitrogen and oxygen atoms in total. The van der Waals surface area contributed by atoms with Gasteiger partial charge in [0.15, 0.2) is 11.6 Å². The second-order valence-electron chi connectivity index (χ2n) is 4.21. The average molecular weight is 259 g/mol. The third-order valence-corrected chi connectivity index (χ3v) is 2.89. The van der Waals surface area contributed by atoms with Gasteiger partial charge in [0.2, 0.25) is 0 Å². The molecule has 0 amide bonds. The third kappa shape index (κ3) is 2.29. The summed E-state index contributed by atoms with van der Waals surface area (Å²) in [4.78, 5) is 3.04. The molecule has 0 aliphatic heterocycles. The summed E-state index contributed by atoms with van der Waals surface area (Å²) >= 11 is 0. The van der Waals surface area contributed by atoms with E-state index >= 15 is 0 Å². The van der Waals surface area contributed by atoms with Gasteiger partial charge in [-0.2, -0.15) is 0 Å². The van der Waals surface area contributed by atoms with E-state index in [1.807, 2.05) is 0 Å². The summed E-state index contributed by atoms with van der Waals surface area (Å²) in [5, 5.41) is 0.509. The number of para-hydroxylation sites is 1. The molecule has 0 fully saturated rings. The van der Waals surface area contributed by atoms with Crippen LogP contribution in [0.1, 0.15) is 5.69 Å². The maximum absolute atomic E-state index is 13.5. The quantitative estimate of drug-likeness (QED) is 0.754. The average Bonchev–Trinajstić information content (AvgIpc) is 2.82. The Labute approximate surface area is 108 Å². The lowest BCUT2D eigenvalue weighted by atomic mass is 10.2. The van der Waals surface area contributed by atoms with Crippen molar-refractivity contribution >= 4 is 10.9 Å². The number of fused-ring (bicyclic) bond motifs is 1. The zero-order valence-electron chi connectivity index (χ0n) is 9.99. The molecular weight excluding hydrogens is 248 g/mol. The van der Waals surface area contributed by atoms with Crippen molar-refractivity contribution in [3.63, 3.8) is 0 Å². The molecule has 0 unspecified atom stereocenters. The molecule has 0 bridgehead atoms. The van der Waals surface area contributed by atoms with E-state index in [1.54, 1.807) is 36.4 Å². The second-order valence-corrected chi connectivity index (χ2v) is 4.21. The number of aromatic amines is 1. The Morgan fingerprint density at radius 1 is 0.947 bits per heavy atom. The first-order valence-corrected chi connectivity index (χ1v) is 5.87. The summed E-state index contributed by atoms with van der Waals surface area (Å²) in [7, 11) is 0. The highest BCUT2D eigenvalue weighted by molar-refractivity contribution is 5.80. The number of H-pyrrole nitrogens is 1. The molecule has 0 saturated heterocycles. The van der Waals surface area contributed by atoms with Crippen molar-refractivity contribution in [2.75, 3.05) is 0 Å². The SMILES string of the molecule is Fc1ccccc1OCc1cc2c(F)cccc2[nH]1. The monoisotopic (exact) mass is 259 g/mol. The highest BCUT2D eigenvalue weighted by atomic mass is 19.1. The lowest BCUT2D eigenvalue weighted by molar-refractivity contribution is 0.287. The molecule has 0 aliphatic carbocycles. The van der Waals surface area contributed by atoms with Gasteiger partial charge in [0.05, 0.1) is 5.69 Å². The van der Waals surface area contributed by atoms with E-state index in [9.17, 15) is 8.78 Å². The number of nitrogens with one attached hydrogen (secondary N) is 1. The summed E-state index contributed by atoms with van der Waals surface area (Å²) < 4.78 is 32.2. The maximum Gasteiger partial charge on any atom is 0.165 e. The summed E-state index contributed by atoms with van der Waals surface area (Å²) in [6, 6.07) is 12.7. The van der Waals surface area contributed by atoms with Crippen LogP contribution in [0.2, 0.25) is 0 Å². The Kier molecular flexibility index (Phi) is 2.91. The van der Waals surface area contributed by atoms with E-state index in [2.05, 4.69) is 4.98 Å².